The van der Waals surface area contributed by atoms with E-state index >= 15 is 0 Å². The molecule has 0 spiro atoms. The lowest BCUT2D eigenvalue weighted by Gasteiger charge is -2.37. The van der Waals surface area contributed by atoms with Crippen LogP contribution in [0.5, 0.6) is 0 Å². The van der Waals surface area contributed by atoms with Crippen LogP contribution >= 0.6 is 11.6 Å². The Morgan fingerprint density at radius 1 is 1.36 bits per heavy atom. The molecule has 1 aromatic rings. The minimum Gasteiger partial charge on any atom is -0.437 e. The topological polar surface area (TPSA) is 52.6 Å². The Morgan fingerprint density at radius 2 is 1.92 bits per heavy atom. The smallest absolute Gasteiger partial charge is 0.437 e. The summed E-state index contributed by atoms with van der Waals surface area (Å²) in [7, 11) is -0.542. The molecule has 25 heavy (non-hydrogen) atoms. The fourth-order valence-electron chi connectivity index (χ4n) is 3.27. The van der Waals surface area contributed by atoms with Crippen LogP contribution < -0.4 is 5.32 Å². The number of halogens is 4. The van der Waals surface area contributed by atoms with Crippen LogP contribution in [0, 0.1) is 5.92 Å². The molecule has 0 saturated carbocycles. The molecule has 1 unspecified atom stereocenters. The second-order valence-corrected chi connectivity index (χ2v) is 6.81. The van der Waals surface area contributed by atoms with Gasteiger partial charge in [-0.15, -0.1) is 0 Å². The van der Waals surface area contributed by atoms with Crippen molar-refractivity contribution in [2.24, 2.45) is 5.92 Å². The van der Waals surface area contributed by atoms with Crippen LogP contribution in [0.1, 0.15) is 24.3 Å². The van der Waals surface area contributed by atoms with Crippen LogP contribution in [0.15, 0.2) is 24.3 Å². The lowest BCUT2D eigenvalue weighted by molar-refractivity contribution is -0.173. The minimum atomic E-state index is -4.89. The predicted octanol–water partition coefficient (Wildman–Crippen LogP) is 2.92. The number of alkyl halides is 3. The van der Waals surface area contributed by atoms with Crippen molar-refractivity contribution in [3.05, 3.63) is 34.9 Å². The van der Waals surface area contributed by atoms with Crippen molar-refractivity contribution in [3.8, 4) is 0 Å². The van der Waals surface area contributed by atoms with E-state index in [0.717, 1.165) is 18.4 Å². The van der Waals surface area contributed by atoms with Crippen LogP contribution in [0.4, 0.5) is 13.2 Å². The summed E-state index contributed by atoms with van der Waals surface area (Å²) in [5.41, 5.74) is 0.849. The molecule has 1 aliphatic heterocycles. The van der Waals surface area contributed by atoms with Gasteiger partial charge in [-0.2, -0.15) is 13.2 Å². The van der Waals surface area contributed by atoms with Gasteiger partial charge < -0.3 is 15.2 Å². The highest BCUT2D eigenvalue weighted by atomic mass is 35.5. The monoisotopic (exact) mass is 376 g/mol. The van der Waals surface area contributed by atoms with Crippen molar-refractivity contribution in [1.29, 1.82) is 0 Å². The second kappa shape index (κ2) is 8.42. The van der Waals surface area contributed by atoms with E-state index in [1.165, 1.54) is 0 Å². The van der Waals surface area contributed by atoms with Crippen LogP contribution in [0.3, 0.4) is 0 Å². The summed E-state index contributed by atoms with van der Waals surface area (Å²) in [6, 6.07) is 6.96. The van der Waals surface area contributed by atoms with E-state index in [9.17, 15) is 23.0 Å². The number of nitrogens with one attached hydrogen (secondary N) is 1. The number of carbonyl (C=O) groups excluding carboxylic acids is 1. The largest absolute Gasteiger partial charge is 0.471 e. The summed E-state index contributed by atoms with van der Waals surface area (Å²) < 4.78 is 37.4. The SMILES string of the molecule is CB(O)N1CCC(C(CNC(=O)C(F)(F)F)c2ccc(Cl)cc2)CC1. The second-order valence-electron chi connectivity index (χ2n) is 6.37. The standard InChI is InChI=1S/C16H21BClF3N2O2/c1-17(25)23-8-6-12(7-9-23)14(10-22-15(24)16(19,20)21)11-2-4-13(18)5-3-11/h2-5,12,14,25H,6-10H2,1H3,(H,22,24). The van der Waals surface area contributed by atoms with Crippen molar-refractivity contribution in [1.82, 2.24) is 10.1 Å². The number of amides is 1. The van der Waals surface area contributed by atoms with Gasteiger partial charge in [0.25, 0.3) is 0 Å². The average Bonchev–Trinajstić information content (AvgIpc) is 2.56. The Kier molecular flexibility index (Phi) is 6.76. The van der Waals surface area contributed by atoms with Crippen molar-refractivity contribution in [2.75, 3.05) is 19.6 Å². The first-order valence-corrected chi connectivity index (χ1v) is 8.59. The first-order valence-electron chi connectivity index (χ1n) is 8.21. The molecular formula is C16H21BClF3N2O2. The molecule has 1 atom stereocenters. The van der Waals surface area contributed by atoms with Crippen LogP contribution in [0.2, 0.25) is 11.8 Å². The van der Waals surface area contributed by atoms with Gasteiger partial charge >= 0.3 is 19.1 Å². The zero-order chi connectivity index (χ0) is 18.6. The molecule has 0 aliphatic carbocycles. The van der Waals surface area contributed by atoms with Gasteiger partial charge in [-0.25, -0.2) is 0 Å². The number of carbonyl (C=O) groups is 1. The third-order valence-electron chi connectivity index (χ3n) is 4.71. The Hall–Kier alpha value is -1.25. The first kappa shape index (κ1) is 20.1. The number of piperidine rings is 1. The normalized spacial score (nSPS) is 18.0. The van der Waals surface area contributed by atoms with E-state index in [4.69, 9.17) is 11.6 Å². The molecule has 0 radical (unpaired) electrons. The molecule has 1 saturated heterocycles. The highest BCUT2D eigenvalue weighted by Gasteiger charge is 2.39. The minimum absolute atomic E-state index is 0.0840. The fraction of sp³-hybridized carbons (Fsp3) is 0.562. The molecule has 1 aliphatic rings. The zero-order valence-corrected chi connectivity index (χ0v) is 14.6. The Bertz CT molecular complexity index is 576. The van der Waals surface area contributed by atoms with Gasteiger partial charge in [0.15, 0.2) is 0 Å². The molecule has 138 valence electrons. The molecule has 1 aromatic carbocycles. The van der Waals surface area contributed by atoms with Crippen LogP contribution in [0.25, 0.3) is 0 Å². The van der Waals surface area contributed by atoms with Gasteiger partial charge in [-0.1, -0.05) is 23.7 Å². The van der Waals surface area contributed by atoms with Gasteiger partial charge in [0.05, 0.1) is 0 Å². The summed E-state index contributed by atoms with van der Waals surface area (Å²) in [5.74, 6) is -2.04. The number of rotatable bonds is 5. The van der Waals surface area contributed by atoms with Crippen molar-refractivity contribution in [3.63, 3.8) is 0 Å². The number of nitrogens with zero attached hydrogens (tertiary/aromatic N) is 1. The quantitative estimate of drug-likeness (QED) is 0.777. The summed E-state index contributed by atoms with van der Waals surface area (Å²) in [6.45, 7) is 2.94. The lowest BCUT2D eigenvalue weighted by Crippen LogP contribution is -2.45. The number of hydrogen-bond donors (Lipinski definition) is 2. The van der Waals surface area contributed by atoms with Crippen LogP contribution in [-0.4, -0.2) is 48.6 Å². The Morgan fingerprint density at radius 3 is 2.40 bits per heavy atom. The van der Waals surface area contributed by atoms with E-state index in [0.29, 0.717) is 18.1 Å². The molecule has 1 amide bonds. The summed E-state index contributed by atoms with van der Waals surface area (Å²) in [5, 5.41) is 12.2. The van der Waals surface area contributed by atoms with Gasteiger partial charge in [-0.05, 0) is 56.4 Å². The fourth-order valence-corrected chi connectivity index (χ4v) is 3.39. The van der Waals surface area contributed by atoms with E-state index in [2.05, 4.69) is 0 Å². The average molecular weight is 377 g/mol. The van der Waals surface area contributed by atoms with Crippen molar-refractivity contribution in [2.45, 2.75) is 31.8 Å². The first-order chi connectivity index (χ1) is 11.7. The zero-order valence-electron chi connectivity index (χ0n) is 13.9. The molecule has 1 heterocycles. The maximum absolute atomic E-state index is 12.5. The molecule has 0 aromatic heterocycles. The van der Waals surface area contributed by atoms with Gasteiger partial charge in [0, 0.05) is 17.5 Å². The molecule has 1 fully saturated rings. The third kappa shape index (κ3) is 5.62. The van der Waals surface area contributed by atoms with Gasteiger partial charge in [0.1, 0.15) is 0 Å². The van der Waals surface area contributed by atoms with Gasteiger partial charge in [-0.3, -0.25) is 4.79 Å². The van der Waals surface area contributed by atoms with E-state index in [-0.39, 0.29) is 18.4 Å². The van der Waals surface area contributed by atoms with E-state index < -0.39 is 19.1 Å². The predicted molar refractivity (Wildman–Crippen MR) is 91.4 cm³/mol. The van der Waals surface area contributed by atoms with E-state index in [1.54, 1.807) is 31.1 Å². The summed E-state index contributed by atoms with van der Waals surface area (Å²) in [4.78, 5) is 13.1. The van der Waals surface area contributed by atoms with Crippen molar-refractivity contribution < 1.29 is 23.0 Å². The molecule has 4 nitrogen and oxygen atoms in total. The lowest BCUT2D eigenvalue weighted by atomic mass is 9.75. The molecule has 0 bridgehead atoms. The van der Waals surface area contributed by atoms with Gasteiger partial charge in [0.2, 0.25) is 0 Å². The third-order valence-corrected chi connectivity index (χ3v) is 4.96. The Labute approximate surface area is 150 Å². The van der Waals surface area contributed by atoms with Crippen molar-refractivity contribution >= 4 is 24.6 Å². The maximum Gasteiger partial charge on any atom is 0.471 e. The number of hydrogen-bond acceptors (Lipinski definition) is 3. The maximum atomic E-state index is 12.5. The number of benzene rings is 1. The highest BCUT2D eigenvalue weighted by molar-refractivity contribution is 6.45. The highest BCUT2D eigenvalue weighted by Crippen LogP contribution is 2.33. The Balaban J connectivity index is 2.10. The summed E-state index contributed by atoms with van der Waals surface area (Å²) in [6.07, 6.45) is -3.42. The van der Waals surface area contributed by atoms with Crippen LogP contribution in [-0.2, 0) is 4.79 Å². The molecule has 9 heteroatoms. The molecular weight excluding hydrogens is 355 g/mol. The summed E-state index contributed by atoms with van der Waals surface area (Å²) >= 11 is 5.89. The molecule has 2 N–H and O–H groups in total. The van der Waals surface area contributed by atoms with E-state index in [1.807, 2.05) is 10.1 Å². The molecule has 2 rings (SSSR count).